The van der Waals surface area contributed by atoms with Crippen LogP contribution in [0.3, 0.4) is 0 Å². The summed E-state index contributed by atoms with van der Waals surface area (Å²) in [5.41, 5.74) is 0.258. The molecule has 0 saturated carbocycles. The minimum atomic E-state index is -0.170. The second kappa shape index (κ2) is 5.16. The third-order valence-corrected chi connectivity index (χ3v) is 2.76. The zero-order valence-corrected chi connectivity index (χ0v) is 10.0. The van der Waals surface area contributed by atoms with Crippen LogP contribution in [0.4, 0.5) is 0 Å². The lowest BCUT2D eigenvalue weighted by atomic mass is 10.0. The average molecular weight is 273 g/mol. The van der Waals surface area contributed by atoms with Crippen LogP contribution < -0.4 is 0 Å². The Morgan fingerprint density at radius 3 is 2.60 bits per heavy atom. The van der Waals surface area contributed by atoms with Crippen molar-refractivity contribution in [3.05, 3.63) is 22.2 Å². The predicted molar refractivity (Wildman–Crippen MR) is 61.3 cm³/mol. The van der Waals surface area contributed by atoms with Gasteiger partial charge >= 0.3 is 0 Å². The van der Waals surface area contributed by atoms with Gasteiger partial charge in [0.1, 0.15) is 11.5 Å². The average Bonchev–Trinajstić information content (AvgIpc) is 2.20. The van der Waals surface area contributed by atoms with Gasteiger partial charge in [-0.2, -0.15) is 0 Å². The van der Waals surface area contributed by atoms with Gasteiger partial charge in [0.15, 0.2) is 5.78 Å². The maximum atomic E-state index is 11.6. The van der Waals surface area contributed by atoms with Crippen molar-refractivity contribution < 1.29 is 15.0 Å². The number of unbranched alkanes of at least 4 members (excludes halogenated alkanes) is 1. The normalized spacial score (nSPS) is 10.3. The van der Waals surface area contributed by atoms with Gasteiger partial charge in [-0.1, -0.05) is 13.3 Å². The number of hydrogen-bond acceptors (Lipinski definition) is 3. The molecule has 0 atom stereocenters. The number of phenolic OH excluding ortho intramolecular Hbond substituents is 2. The zero-order valence-electron chi connectivity index (χ0n) is 8.46. The fourth-order valence-electron chi connectivity index (χ4n) is 1.25. The first-order valence-electron chi connectivity index (χ1n) is 4.81. The van der Waals surface area contributed by atoms with E-state index in [0.29, 0.717) is 10.9 Å². The second-order valence-corrected chi connectivity index (χ2v) is 4.20. The lowest BCUT2D eigenvalue weighted by Gasteiger charge is -2.05. The molecule has 0 aliphatic rings. The molecule has 0 spiro atoms. The van der Waals surface area contributed by atoms with Gasteiger partial charge < -0.3 is 10.2 Å². The summed E-state index contributed by atoms with van der Waals surface area (Å²) in [5, 5.41) is 18.7. The molecule has 0 aromatic heterocycles. The molecule has 0 amide bonds. The molecule has 0 aliphatic carbocycles. The van der Waals surface area contributed by atoms with Crippen LogP contribution in [0.1, 0.15) is 36.5 Å². The third kappa shape index (κ3) is 2.96. The predicted octanol–water partition coefficient (Wildman–Crippen LogP) is 3.23. The summed E-state index contributed by atoms with van der Waals surface area (Å²) in [7, 11) is 0. The Bertz CT molecular complexity index is 374. The first kappa shape index (κ1) is 12.0. The number of ketones is 1. The Morgan fingerprint density at radius 1 is 1.33 bits per heavy atom. The number of rotatable bonds is 4. The number of phenols is 2. The Balaban J connectivity index is 2.94. The number of aromatic hydroxyl groups is 2. The van der Waals surface area contributed by atoms with Gasteiger partial charge in [0, 0.05) is 12.5 Å². The van der Waals surface area contributed by atoms with Crippen molar-refractivity contribution in [2.45, 2.75) is 26.2 Å². The van der Waals surface area contributed by atoms with Crippen LogP contribution in [0, 0.1) is 0 Å². The van der Waals surface area contributed by atoms with Crippen LogP contribution in [0.25, 0.3) is 0 Å². The fraction of sp³-hybridized carbons (Fsp3) is 0.364. The minimum Gasteiger partial charge on any atom is -0.507 e. The van der Waals surface area contributed by atoms with Crippen LogP contribution in [-0.2, 0) is 0 Å². The van der Waals surface area contributed by atoms with E-state index >= 15 is 0 Å². The first-order valence-corrected chi connectivity index (χ1v) is 5.60. The molecule has 1 aromatic rings. The molecular formula is C11H13BrO3. The smallest absolute Gasteiger partial charge is 0.166 e. The van der Waals surface area contributed by atoms with E-state index in [0.717, 1.165) is 12.8 Å². The Labute approximate surface area is 96.9 Å². The maximum Gasteiger partial charge on any atom is 0.166 e. The van der Waals surface area contributed by atoms with Crippen LogP contribution in [-0.4, -0.2) is 16.0 Å². The number of halogens is 1. The summed E-state index contributed by atoms with van der Waals surface area (Å²) in [6.45, 7) is 2.00. The van der Waals surface area contributed by atoms with Crippen LogP contribution in [0.15, 0.2) is 16.6 Å². The largest absolute Gasteiger partial charge is 0.507 e. The van der Waals surface area contributed by atoms with E-state index in [-0.39, 0.29) is 22.8 Å². The van der Waals surface area contributed by atoms with Gasteiger partial charge in [-0.15, -0.1) is 0 Å². The summed E-state index contributed by atoms with van der Waals surface area (Å²) in [5.74, 6) is -0.341. The van der Waals surface area contributed by atoms with Crippen molar-refractivity contribution >= 4 is 21.7 Å². The molecule has 3 nitrogen and oxygen atoms in total. The van der Waals surface area contributed by atoms with E-state index in [4.69, 9.17) is 0 Å². The van der Waals surface area contributed by atoms with Crippen LogP contribution >= 0.6 is 15.9 Å². The summed E-state index contributed by atoms with van der Waals surface area (Å²) >= 11 is 3.10. The van der Waals surface area contributed by atoms with Crippen molar-refractivity contribution in [3.63, 3.8) is 0 Å². The first-order chi connectivity index (χ1) is 7.06. The lowest BCUT2D eigenvalue weighted by Crippen LogP contribution is -1.99. The summed E-state index contributed by atoms with van der Waals surface area (Å²) in [6, 6.07) is 2.62. The fourth-order valence-corrected chi connectivity index (χ4v) is 1.59. The SMILES string of the molecule is CCCCC(=O)c1cc(Br)c(O)cc1O. The molecule has 0 bridgehead atoms. The topological polar surface area (TPSA) is 57.5 Å². The highest BCUT2D eigenvalue weighted by molar-refractivity contribution is 9.10. The summed E-state index contributed by atoms with van der Waals surface area (Å²) in [6.07, 6.45) is 2.16. The van der Waals surface area contributed by atoms with Gasteiger partial charge in [-0.25, -0.2) is 0 Å². The van der Waals surface area contributed by atoms with E-state index in [2.05, 4.69) is 15.9 Å². The molecule has 0 unspecified atom stereocenters. The lowest BCUT2D eigenvalue weighted by molar-refractivity contribution is 0.0977. The molecule has 15 heavy (non-hydrogen) atoms. The van der Waals surface area contributed by atoms with Crippen molar-refractivity contribution in [3.8, 4) is 11.5 Å². The van der Waals surface area contributed by atoms with E-state index in [9.17, 15) is 15.0 Å². The number of carbonyl (C=O) groups is 1. The third-order valence-electron chi connectivity index (χ3n) is 2.12. The quantitative estimate of drug-likeness (QED) is 0.828. The number of benzene rings is 1. The maximum absolute atomic E-state index is 11.6. The Hall–Kier alpha value is -1.03. The van der Waals surface area contributed by atoms with Crippen LogP contribution in [0.2, 0.25) is 0 Å². The molecule has 0 fully saturated rings. The monoisotopic (exact) mass is 272 g/mol. The van der Waals surface area contributed by atoms with Gasteiger partial charge in [0.2, 0.25) is 0 Å². The molecule has 82 valence electrons. The minimum absolute atomic E-state index is 0.0699. The number of Topliss-reactive ketones (excluding diaryl/α,β-unsaturated/α-hetero) is 1. The number of hydrogen-bond donors (Lipinski definition) is 2. The van der Waals surface area contributed by atoms with Gasteiger partial charge in [-0.3, -0.25) is 4.79 Å². The highest BCUT2D eigenvalue weighted by Crippen LogP contribution is 2.32. The Morgan fingerprint density at radius 2 is 2.00 bits per heavy atom. The molecule has 0 aliphatic heterocycles. The van der Waals surface area contributed by atoms with Crippen molar-refractivity contribution in [2.75, 3.05) is 0 Å². The summed E-state index contributed by atoms with van der Waals surface area (Å²) < 4.78 is 0.417. The second-order valence-electron chi connectivity index (χ2n) is 3.35. The molecule has 1 aromatic carbocycles. The van der Waals surface area contributed by atoms with Crippen LogP contribution in [0.5, 0.6) is 11.5 Å². The molecular weight excluding hydrogens is 260 g/mol. The van der Waals surface area contributed by atoms with Gasteiger partial charge in [-0.05, 0) is 28.4 Å². The molecule has 0 saturated heterocycles. The van der Waals surface area contributed by atoms with E-state index < -0.39 is 0 Å². The van der Waals surface area contributed by atoms with Gasteiger partial charge in [0.05, 0.1) is 10.0 Å². The standard InChI is InChI=1S/C11H13BrO3/c1-2-3-4-9(13)7-5-8(12)11(15)6-10(7)14/h5-6,14-15H,2-4H2,1H3. The van der Waals surface area contributed by atoms with Crippen molar-refractivity contribution in [2.24, 2.45) is 0 Å². The van der Waals surface area contributed by atoms with E-state index in [1.807, 2.05) is 6.92 Å². The molecule has 4 heteroatoms. The Kier molecular flexibility index (Phi) is 4.15. The molecule has 0 heterocycles. The summed E-state index contributed by atoms with van der Waals surface area (Å²) in [4.78, 5) is 11.6. The van der Waals surface area contributed by atoms with Crippen molar-refractivity contribution in [1.29, 1.82) is 0 Å². The van der Waals surface area contributed by atoms with Gasteiger partial charge in [0.25, 0.3) is 0 Å². The highest BCUT2D eigenvalue weighted by Gasteiger charge is 2.13. The van der Waals surface area contributed by atoms with E-state index in [1.54, 1.807) is 0 Å². The highest BCUT2D eigenvalue weighted by atomic mass is 79.9. The molecule has 0 radical (unpaired) electrons. The zero-order chi connectivity index (χ0) is 11.4. The molecule has 2 N–H and O–H groups in total. The van der Waals surface area contributed by atoms with Crippen molar-refractivity contribution in [1.82, 2.24) is 0 Å². The molecule has 1 rings (SSSR count). The van der Waals surface area contributed by atoms with E-state index in [1.165, 1.54) is 12.1 Å². The number of carbonyl (C=O) groups excluding carboxylic acids is 1.